The molecule has 1 heterocycles. The quantitative estimate of drug-likeness (QED) is 0.792. The summed E-state index contributed by atoms with van der Waals surface area (Å²) in [6, 6.07) is 3.08. The van der Waals surface area contributed by atoms with E-state index >= 15 is 0 Å². The van der Waals surface area contributed by atoms with Crippen molar-refractivity contribution in [3.05, 3.63) is 35.1 Å². The Kier molecular flexibility index (Phi) is 6.78. The Labute approximate surface area is 144 Å². The predicted molar refractivity (Wildman–Crippen MR) is 84.3 cm³/mol. The normalized spacial score (nSPS) is 16.8. The van der Waals surface area contributed by atoms with E-state index in [1.54, 1.807) is 7.11 Å². The fourth-order valence-corrected chi connectivity index (χ4v) is 2.90. The van der Waals surface area contributed by atoms with Crippen LogP contribution in [0.1, 0.15) is 24.0 Å². The van der Waals surface area contributed by atoms with Gasteiger partial charge in [-0.05, 0) is 32.0 Å². The summed E-state index contributed by atoms with van der Waals surface area (Å²) in [6.07, 6.45) is -3.42. The molecular formula is C17H22F4N2O2. The third kappa shape index (κ3) is 5.40. The number of carbonyl (C=O) groups excluding carboxylic acids is 1. The molecule has 1 amide bonds. The van der Waals surface area contributed by atoms with Gasteiger partial charge in [0.1, 0.15) is 5.82 Å². The number of alkyl halides is 3. The minimum absolute atomic E-state index is 0.166. The van der Waals surface area contributed by atoms with E-state index in [9.17, 15) is 22.4 Å². The zero-order valence-electron chi connectivity index (χ0n) is 14.0. The molecule has 0 spiro atoms. The highest BCUT2D eigenvalue weighted by Crippen LogP contribution is 2.32. The summed E-state index contributed by atoms with van der Waals surface area (Å²) in [5.74, 6) is -1.78. The summed E-state index contributed by atoms with van der Waals surface area (Å²) in [5, 5.41) is 2.56. The van der Waals surface area contributed by atoms with Crippen molar-refractivity contribution in [3.63, 3.8) is 0 Å². The molecule has 1 aliphatic heterocycles. The van der Waals surface area contributed by atoms with Crippen LogP contribution in [0.2, 0.25) is 0 Å². The summed E-state index contributed by atoms with van der Waals surface area (Å²) in [5.41, 5.74) is -1.48. The first-order chi connectivity index (χ1) is 11.8. The summed E-state index contributed by atoms with van der Waals surface area (Å²) in [7, 11) is 1.63. The van der Waals surface area contributed by atoms with Crippen LogP contribution in [0.3, 0.4) is 0 Å². The highest BCUT2D eigenvalue weighted by Gasteiger charge is 2.34. The van der Waals surface area contributed by atoms with E-state index in [0.717, 1.165) is 25.7 Å². The number of amides is 1. The number of rotatable bonds is 6. The van der Waals surface area contributed by atoms with Crippen LogP contribution < -0.4 is 5.32 Å². The Morgan fingerprint density at radius 1 is 1.32 bits per heavy atom. The summed E-state index contributed by atoms with van der Waals surface area (Å²) in [6.45, 7) is 2.71. The molecule has 0 aliphatic carbocycles. The predicted octanol–water partition coefficient (Wildman–Crippen LogP) is 2.82. The van der Waals surface area contributed by atoms with E-state index in [1.165, 1.54) is 6.07 Å². The lowest BCUT2D eigenvalue weighted by atomic mass is 9.96. The molecule has 2 rings (SSSR count). The van der Waals surface area contributed by atoms with E-state index < -0.39 is 17.6 Å². The maximum Gasteiger partial charge on any atom is 0.419 e. The van der Waals surface area contributed by atoms with Gasteiger partial charge in [0.15, 0.2) is 0 Å². The fraction of sp³-hybridized carbons (Fsp3) is 0.588. The Balaban J connectivity index is 1.87. The number of hydrogen-bond donors (Lipinski definition) is 1. The zero-order valence-corrected chi connectivity index (χ0v) is 14.0. The van der Waals surface area contributed by atoms with Crippen molar-refractivity contribution in [3.8, 4) is 0 Å². The Hall–Kier alpha value is -1.67. The first-order valence-corrected chi connectivity index (χ1v) is 8.16. The van der Waals surface area contributed by atoms with Gasteiger partial charge in [0.2, 0.25) is 5.91 Å². The van der Waals surface area contributed by atoms with Crippen LogP contribution in [0.15, 0.2) is 18.2 Å². The average Bonchev–Trinajstić information content (AvgIpc) is 2.58. The molecule has 0 saturated carbocycles. The van der Waals surface area contributed by atoms with Crippen LogP contribution in [0.5, 0.6) is 0 Å². The molecule has 25 heavy (non-hydrogen) atoms. The van der Waals surface area contributed by atoms with E-state index in [-0.39, 0.29) is 23.9 Å². The summed E-state index contributed by atoms with van der Waals surface area (Å²) in [4.78, 5) is 14.4. The van der Waals surface area contributed by atoms with Crippen molar-refractivity contribution in [1.29, 1.82) is 0 Å². The van der Waals surface area contributed by atoms with Gasteiger partial charge in [0.05, 0.1) is 12.2 Å². The maximum absolute atomic E-state index is 13.9. The van der Waals surface area contributed by atoms with E-state index in [0.29, 0.717) is 25.5 Å². The van der Waals surface area contributed by atoms with Crippen molar-refractivity contribution < 1.29 is 27.1 Å². The van der Waals surface area contributed by atoms with Crippen LogP contribution >= 0.6 is 0 Å². The number of hydrogen-bond acceptors (Lipinski definition) is 3. The molecular weight excluding hydrogens is 340 g/mol. The second-order valence-corrected chi connectivity index (χ2v) is 6.10. The first-order valence-electron chi connectivity index (χ1n) is 8.16. The number of benzene rings is 1. The van der Waals surface area contributed by atoms with Gasteiger partial charge in [-0.3, -0.25) is 4.79 Å². The SMILES string of the molecule is COCCN1CCC(C(=O)NCc2cccc(C(F)(F)F)c2F)CC1. The summed E-state index contributed by atoms with van der Waals surface area (Å²) < 4.78 is 57.1. The van der Waals surface area contributed by atoms with E-state index in [2.05, 4.69) is 10.2 Å². The molecule has 0 unspecified atom stereocenters. The van der Waals surface area contributed by atoms with Gasteiger partial charge in [-0.1, -0.05) is 12.1 Å². The number of ether oxygens (including phenoxy) is 1. The lowest BCUT2D eigenvalue weighted by Gasteiger charge is -2.31. The number of methoxy groups -OCH3 is 1. The molecule has 0 bridgehead atoms. The Morgan fingerprint density at radius 2 is 2.00 bits per heavy atom. The fourth-order valence-electron chi connectivity index (χ4n) is 2.90. The molecule has 1 saturated heterocycles. The molecule has 0 radical (unpaired) electrons. The molecule has 140 valence electrons. The third-order valence-electron chi connectivity index (χ3n) is 4.41. The van der Waals surface area contributed by atoms with Crippen molar-refractivity contribution in [2.45, 2.75) is 25.6 Å². The van der Waals surface area contributed by atoms with Gasteiger partial charge >= 0.3 is 6.18 Å². The number of likely N-dealkylation sites (tertiary alicyclic amines) is 1. The maximum atomic E-state index is 13.9. The molecule has 1 N–H and O–H groups in total. The third-order valence-corrected chi connectivity index (χ3v) is 4.41. The largest absolute Gasteiger partial charge is 0.419 e. The first kappa shape index (κ1) is 19.7. The van der Waals surface area contributed by atoms with Gasteiger partial charge in [-0.2, -0.15) is 13.2 Å². The van der Waals surface area contributed by atoms with Gasteiger partial charge in [0.25, 0.3) is 0 Å². The van der Waals surface area contributed by atoms with Gasteiger partial charge < -0.3 is 15.0 Å². The van der Waals surface area contributed by atoms with Crippen molar-refractivity contribution >= 4 is 5.91 Å². The standard InChI is InChI=1S/C17H22F4N2O2/c1-25-10-9-23-7-5-12(6-8-23)16(24)22-11-13-3-2-4-14(15(13)18)17(19,20)21/h2-4,12H,5-11H2,1H3,(H,22,24). The number of nitrogens with one attached hydrogen (secondary N) is 1. The van der Waals surface area contributed by atoms with E-state index in [1.807, 2.05) is 0 Å². The van der Waals surface area contributed by atoms with Gasteiger partial charge in [-0.15, -0.1) is 0 Å². The lowest BCUT2D eigenvalue weighted by molar-refractivity contribution is -0.140. The average molecular weight is 362 g/mol. The van der Waals surface area contributed by atoms with Crippen LogP contribution in [0, 0.1) is 11.7 Å². The lowest BCUT2D eigenvalue weighted by Crippen LogP contribution is -2.41. The molecule has 1 aromatic carbocycles. The van der Waals surface area contributed by atoms with Crippen LogP contribution in [-0.2, 0) is 22.3 Å². The van der Waals surface area contributed by atoms with Crippen LogP contribution in [0.25, 0.3) is 0 Å². The minimum Gasteiger partial charge on any atom is -0.383 e. The Bertz CT molecular complexity index is 585. The van der Waals surface area contributed by atoms with Gasteiger partial charge in [0, 0.05) is 31.7 Å². The monoisotopic (exact) mass is 362 g/mol. The molecule has 4 nitrogen and oxygen atoms in total. The van der Waals surface area contributed by atoms with Crippen LogP contribution in [0.4, 0.5) is 17.6 Å². The number of nitrogens with zero attached hydrogens (tertiary/aromatic N) is 1. The topological polar surface area (TPSA) is 41.6 Å². The number of piperidine rings is 1. The van der Waals surface area contributed by atoms with Crippen LogP contribution in [-0.4, -0.2) is 44.2 Å². The molecule has 1 fully saturated rings. The van der Waals surface area contributed by atoms with Crippen molar-refractivity contribution in [2.75, 3.05) is 33.4 Å². The Morgan fingerprint density at radius 3 is 2.60 bits per heavy atom. The minimum atomic E-state index is -4.75. The van der Waals surface area contributed by atoms with E-state index in [4.69, 9.17) is 4.74 Å². The van der Waals surface area contributed by atoms with Crippen molar-refractivity contribution in [1.82, 2.24) is 10.2 Å². The molecule has 1 aromatic rings. The smallest absolute Gasteiger partial charge is 0.383 e. The van der Waals surface area contributed by atoms with Crippen molar-refractivity contribution in [2.24, 2.45) is 5.92 Å². The number of halogens is 4. The molecule has 1 aliphatic rings. The molecule has 0 aromatic heterocycles. The second kappa shape index (κ2) is 8.62. The molecule has 0 atom stereocenters. The highest BCUT2D eigenvalue weighted by molar-refractivity contribution is 5.78. The molecule has 8 heteroatoms. The highest BCUT2D eigenvalue weighted by atomic mass is 19.4. The zero-order chi connectivity index (χ0) is 18.4. The van der Waals surface area contributed by atoms with Gasteiger partial charge in [-0.25, -0.2) is 4.39 Å². The number of carbonyl (C=O) groups is 1. The summed E-state index contributed by atoms with van der Waals surface area (Å²) >= 11 is 0. The second-order valence-electron chi connectivity index (χ2n) is 6.10.